The fourth-order valence-electron chi connectivity index (χ4n) is 1.45. The van der Waals surface area contributed by atoms with Gasteiger partial charge < -0.3 is 5.73 Å². The molecule has 78 valence electrons. The molecular weight excluding hydrogens is 190 g/mol. The molecule has 0 bridgehead atoms. The molecule has 0 atom stereocenters. The summed E-state index contributed by atoms with van der Waals surface area (Å²) in [7, 11) is 0. The average molecular weight is 203 g/mol. The monoisotopic (exact) mass is 203 g/mol. The number of hydrogen-bond acceptors (Lipinski definition) is 4. The van der Waals surface area contributed by atoms with Crippen LogP contribution in [0.4, 0.5) is 5.82 Å². The Kier molecular flexibility index (Phi) is 2.37. The normalized spacial score (nSPS) is 10.5. The minimum absolute atomic E-state index is 0.512. The summed E-state index contributed by atoms with van der Waals surface area (Å²) in [5, 5.41) is 4.36. The maximum Gasteiger partial charge on any atom is 0.252 e. The van der Waals surface area contributed by atoms with E-state index in [4.69, 9.17) is 5.73 Å². The topological polar surface area (TPSA) is 69.6 Å². The first-order valence-electron chi connectivity index (χ1n) is 4.85. The zero-order valence-electron chi connectivity index (χ0n) is 8.81. The van der Waals surface area contributed by atoms with Gasteiger partial charge in [-0.05, 0) is 19.4 Å². The molecule has 0 radical (unpaired) electrons. The summed E-state index contributed by atoms with van der Waals surface area (Å²) in [5.41, 5.74) is 7.92. The molecule has 15 heavy (non-hydrogen) atoms. The Bertz CT molecular complexity index is 460. The maximum absolute atomic E-state index is 5.93. The van der Waals surface area contributed by atoms with Gasteiger partial charge in [-0.3, -0.25) is 0 Å². The van der Waals surface area contributed by atoms with E-state index in [2.05, 4.69) is 15.1 Å². The van der Waals surface area contributed by atoms with Gasteiger partial charge in [0.2, 0.25) is 0 Å². The van der Waals surface area contributed by atoms with E-state index in [1.165, 1.54) is 0 Å². The van der Waals surface area contributed by atoms with Crippen LogP contribution >= 0.6 is 0 Å². The zero-order chi connectivity index (χ0) is 10.8. The van der Waals surface area contributed by atoms with Crippen LogP contribution in [-0.2, 0) is 6.42 Å². The minimum atomic E-state index is 0.512. The van der Waals surface area contributed by atoms with Crippen LogP contribution in [0.25, 0.3) is 5.95 Å². The van der Waals surface area contributed by atoms with E-state index in [-0.39, 0.29) is 0 Å². The van der Waals surface area contributed by atoms with Crippen LogP contribution in [0.5, 0.6) is 0 Å². The molecular formula is C10H13N5. The van der Waals surface area contributed by atoms with Crippen molar-refractivity contribution < 1.29 is 0 Å². The highest BCUT2D eigenvalue weighted by atomic mass is 15.4. The van der Waals surface area contributed by atoms with Crippen molar-refractivity contribution in [3.8, 4) is 5.95 Å². The third-order valence-electron chi connectivity index (χ3n) is 2.34. The highest BCUT2D eigenvalue weighted by Crippen LogP contribution is 2.17. The van der Waals surface area contributed by atoms with Gasteiger partial charge in [0.25, 0.3) is 5.95 Å². The number of nitrogen functional groups attached to an aromatic ring is 1. The van der Waals surface area contributed by atoms with E-state index in [0.29, 0.717) is 11.8 Å². The Morgan fingerprint density at radius 1 is 1.33 bits per heavy atom. The second-order valence-electron chi connectivity index (χ2n) is 3.27. The molecule has 0 aliphatic heterocycles. The van der Waals surface area contributed by atoms with Crippen molar-refractivity contribution in [1.29, 1.82) is 0 Å². The fourth-order valence-corrected chi connectivity index (χ4v) is 1.45. The molecule has 0 spiro atoms. The molecule has 0 unspecified atom stereocenters. The smallest absolute Gasteiger partial charge is 0.252 e. The molecule has 0 aliphatic carbocycles. The largest absolute Gasteiger partial charge is 0.383 e. The Balaban J connectivity index is 2.55. The standard InChI is InChI=1S/C10H13N5/c1-3-8-7(2)9(11)15(14-8)10-12-5-4-6-13-10/h4-6H,3,11H2,1-2H3. The van der Waals surface area contributed by atoms with E-state index in [9.17, 15) is 0 Å². The van der Waals surface area contributed by atoms with E-state index >= 15 is 0 Å². The second-order valence-corrected chi connectivity index (χ2v) is 3.27. The number of aromatic nitrogens is 4. The van der Waals surface area contributed by atoms with Crippen molar-refractivity contribution in [2.24, 2.45) is 0 Å². The number of nitrogens with zero attached hydrogens (tertiary/aromatic N) is 4. The lowest BCUT2D eigenvalue weighted by atomic mass is 10.2. The van der Waals surface area contributed by atoms with Crippen molar-refractivity contribution in [3.63, 3.8) is 0 Å². The lowest BCUT2D eigenvalue weighted by Gasteiger charge is -2.00. The van der Waals surface area contributed by atoms with Crippen LogP contribution in [0.2, 0.25) is 0 Å². The van der Waals surface area contributed by atoms with Crippen molar-refractivity contribution in [1.82, 2.24) is 19.7 Å². The molecule has 0 saturated carbocycles. The molecule has 2 N–H and O–H groups in total. The number of anilines is 1. The Morgan fingerprint density at radius 2 is 2.00 bits per heavy atom. The van der Waals surface area contributed by atoms with Gasteiger partial charge in [0, 0.05) is 18.0 Å². The highest BCUT2D eigenvalue weighted by molar-refractivity contribution is 5.45. The van der Waals surface area contributed by atoms with Gasteiger partial charge in [0.1, 0.15) is 5.82 Å². The first-order chi connectivity index (χ1) is 7.24. The first kappa shape index (κ1) is 9.64. The predicted octanol–water partition coefficient (Wildman–Crippen LogP) is 1.12. The van der Waals surface area contributed by atoms with Crippen molar-refractivity contribution in [2.45, 2.75) is 20.3 Å². The summed E-state index contributed by atoms with van der Waals surface area (Å²) in [5.74, 6) is 1.12. The summed E-state index contributed by atoms with van der Waals surface area (Å²) in [6.07, 6.45) is 4.20. The Hall–Kier alpha value is -1.91. The quantitative estimate of drug-likeness (QED) is 0.793. The van der Waals surface area contributed by atoms with Crippen molar-refractivity contribution in [3.05, 3.63) is 29.7 Å². The summed E-state index contributed by atoms with van der Waals surface area (Å²) in [4.78, 5) is 8.22. The van der Waals surface area contributed by atoms with Gasteiger partial charge >= 0.3 is 0 Å². The van der Waals surface area contributed by atoms with Gasteiger partial charge in [0.15, 0.2) is 0 Å². The molecule has 5 nitrogen and oxygen atoms in total. The van der Waals surface area contributed by atoms with Crippen LogP contribution in [0.3, 0.4) is 0 Å². The summed E-state index contributed by atoms with van der Waals surface area (Å²) in [6, 6.07) is 1.76. The number of rotatable bonds is 2. The van der Waals surface area contributed by atoms with Gasteiger partial charge in [-0.25, -0.2) is 9.97 Å². The number of nitrogens with two attached hydrogens (primary N) is 1. The molecule has 0 amide bonds. The van der Waals surface area contributed by atoms with Crippen LogP contribution in [0.1, 0.15) is 18.2 Å². The van der Waals surface area contributed by atoms with Crippen LogP contribution < -0.4 is 5.73 Å². The molecule has 2 heterocycles. The molecule has 2 rings (SSSR count). The summed E-state index contributed by atoms with van der Waals surface area (Å²) >= 11 is 0. The molecule has 2 aromatic heterocycles. The van der Waals surface area contributed by atoms with Crippen molar-refractivity contribution in [2.75, 3.05) is 5.73 Å². The van der Waals surface area contributed by atoms with Gasteiger partial charge in [-0.2, -0.15) is 9.78 Å². The minimum Gasteiger partial charge on any atom is -0.383 e. The van der Waals surface area contributed by atoms with Gasteiger partial charge in [0.05, 0.1) is 5.69 Å². The lowest BCUT2D eigenvalue weighted by Crippen LogP contribution is -2.06. The lowest BCUT2D eigenvalue weighted by molar-refractivity contribution is 0.792. The van der Waals surface area contributed by atoms with E-state index in [1.54, 1.807) is 23.1 Å². The van der Waals surface area contributed by atoms with Gasteiger partial charge in [-0.15, -0.1) is 0 Å². The molecule has 5 heteroatoms. The predicted molar refractivity (Wildman–Crippen MR) is 57.7 cm³/mol. The second kappa shape index (κ2) is 3.68. The average Bonchev–Trinajstić information content (AvgIpc) is 2.57. The highest BCUT2D eigenvalue weighted by Gasteiger charge is 2.12. The summed E-state index contributed by atoms with van der Waals surface area (Å²) in [6.45, 7) is 4.01. The molecule has 0 fully saturated rings. The molecule has 0 aromatic carbocycles. The molecule has 0 saturated heterocycles. The zero-order valence-corrected chi connectivity index (χ0v) is 8.81. The van der Waals surface area contributed by atoms with E-state index in [1.807, 2.05) is 13.8 Å². The molecule has 0 aliphatic rings. The fraction of sp³-hybridized carbons (Fsp3) is 0.300. The third-order valence-corrected chi connectivity index (χ3v) is 2.34. The maximum atomic E-state index is 5.93. The van der Waals surface area contributed by atoms with E-state index in [0.717, 1.165) is 17.7 Å². The first-order valence-corrected chi connectivity index (χ1v) is 4.85. The van der Waals surface area contributed by atoms with Crippen LogP contribution in [0.15, 0.2) is 18.5 Å². The van der Waals surface area contributed by atoms with Crippen LogP contribution in [0, 0.1) is 6.92 Å². The Labute approximate surface area is 88.0 Å². The third kappa shape index (κ3) is 1.56. The molecule has 2 aromatic rings. The van der Waals surface area contributed by atoms with Crippen LogP contribution in [-0.4, -0.2) is 19.7 Å². The number of aryl methyl sites for hydroxylation is 1. The van der Waals surface area contributed by atoms with Gasteiger partial charge in [-0.1, -0.05) is 6.92 Å². The Morgan fingerprint density at radius 3 is 2.53 bits per heavy atom. The SMILES string of the molecule is CCc1nn(-c2ncccn2)c(N)c1C. The van der Waals surface area contributed by atoms with E-state index < -0.39 is 0 Å². The summed E-state index contributed by atoms with van der Waals surface area (Å²) < 4.78 is 1.58. The van der Waals surface area contributed by atoms with Crippen molar-refractivity contribution >= 4 is 5.82 Å². The number of hydrogen-bond donors (Lipinski definition) is 1.